The van der Waals surface area contributed by atoms with Crippen LogP contribution in [0.4, 0.5) is 0 Å². The Kier molecular flexibility index (Phi) is 5.21. The third-order valence-electron chi connectivity index (χ3n) is 3.80. The van der Waals surface area contributed by atoms with Gasteiger partial charge in [-0.2, -0.15) is 0 Å². The van der Waals surface area contributed by atoms with Crippen molar-refractivity contribution in [2.45, 2.75) is 25.8 Å². The Bertz CT molecular complexity index is 482. The molecule has 0 aliphatic carbocycles. The second-order valence-corrected chi connectivity index (χ2v) is 5.87. The molecule has 1 aliphatic rings. The van der Waals surface area contributed by atoms with Crippen molar-refractivity contribution in [3.8, 4) is 0 Å². The van der Waals surface area contributed by atoms with E-state index in [0.29, 0.717) is 10.9 Å². The Morgan fingerprint density at radius 3 is 2.80 bits per heavy atom. The highest BCUT2D eigenvalue weighted by Gasteiger charge is 2.24. The van der Waals surface area contributed by atoms with Gasteiger partial charge < -0.3 is 10.6 Å². The van der Waals surface area contributed by atoms with Gasteiger partial charge in [-0.1, -0.05) is 23.7 Å². The molecule has 2 atom stereocenters. The average Bonchev–Trinajstić information content (AvgIpc) is 2.46. The highest BCUT2D eigenvalue weighted by Crippen LogP contribution is 2.19. The van der Waals surface area contributed by atoms with E-state index in [9.17, 15) is 4.79 Å². The molecule has 1 aliphatic heterocycles. The van der Waals surface area contributed by atoms with Crippen molar-refractivity contribution in [1.29, 1.82) is 0 Å². The lowest BCUT2D eigenvalue weighted by atomic mass is 9.92. The summed E-state index contributed by atoms with van der Waals surface area (Å²) < 4.78 is 0. The van der Waals surface area contributed by atoms with Crippen LogP contribution < -0.4 is 5.73 Å². The fraction of sp³-hybridized carbons (Fsp3) is 0.438. The SMILES string of the molecule is CC(N)C1CCCN(C(=O)/C=C/c2ccc(Cl)cc2)C1. The molecule has 3 nitrogen and oxygen atoms in total. The molecule has 1 aromatic carbocycles. The summed E-state index contributed by atoms with van der Waals surface area (Å²) in [5.74, 6) is 0.474. The van der Waals surface area contributed by atoms with Crippen LogP contribution >= 0.6 is 11.6 Å². The number of piperidine rings is 1. The van der Waals surface area contributed by atoms with Crippen LogP contribution in [0.25, 0.3) is 6.08 Å². The number of amides is 1. The Labute approximate surface area is 125 Å². The molecule has 1 saturated heterocycles. The van der Waals surface area contributed by atoms with Crippen LogP contribution in [-0.2, 0) is 4.79 Å². The molecule has 20 heavy (non-hydrogen) atoms. The maximum Gasteiger partial charge on any atom is 0.246 e. The van der Waals surface area contributed by atoms with E-state index in [4.69, 9.17) is 17.3 Å². The first-order chi connectivity index (χ1) is 9.56. The molecule has 0 saturated carbocycles. The van der Waals surface area contributed by atoms with Gasteiger partial charge in [0.25, 0.3) is 0 Å². The largest absolute Gasteiger partial charge is 0.339 e. The van der Waals surface area contributed by atoms with E-state index in [1.54, 1.807) is 6.08 Å². The number of halogens is 1. The Hall–Kier alpha value is -1.32. The summed E-state index contributed by atoms with van der Waals surface area (Å²) in [4.78, 5) is 14.1. The van der Waals surface area contributed by atoms with Gasteiger partial charge >= 0.3 is 0 Å². The Morgan fingerprint density at radius 2 is 2.15 bits per heavy atom. The molecule has 4 heteroatoms. The van der Waals surface area contributed by atoms with Crippen LogP contribution in [0.3, 0.4) is 0 Å². The maximum absolute atomic E-state index is 12.2. The van der Waals surface area contributed by atoms with Crippen molar-refractivity contribution in [2.24, 2.45) is 11.7 Å². The number of carbonyl (C=O) groups excluding carboxylic acids is 1. The van der Waals surface area contributed by atoms with Crippen LogP contribution in [0.15, 0.2) is 30.3 Å². The summed E-state index contributed by atoms with van der Waals surface area (Å²) in [7, 11) is 0. The molecule has 108 valence electrons. The smallest absolute Gasteiger partial charge is 0.246 e. The first kappa shape index (κ1) is 15.1. The summed E-state index contributed by atoms with van der Waals surface area (Å²) >= 11 is 5.83. The molecule has 0 aromatic heterocycles. The lowest BCUT2D eigenvalue weighted by Gasteiger charge is -2.34. The number of nitrogens with two attached hydrogens (primary N) is 1. The second-order valence-electron chi connectivity index (χ2n) is 5.43. The number of likely N-dealkylation sites (tertiary alicyclic amines) is 1. The van der Waals surface area contributed by atoms with Gasteiger partial charge in [-0.15, -0.1) is 0 Å². The minimum absolute atomic E-state index is 0.0605. The van der Waals surface area contributed by atoms with Gasteiger partial charge in [0, 0.05) is 30.2 Å². The van der Waals surface area contributed by atoms with Crippen molar-refractivity contribution < 1.29 is 4.79 Å². The topological polar surface area (TPSA) is 46.3 Å². The average molecular weight is 293 g/mol. The number of carbonyl (C=O) groups is 1. The third-order valence-corrected chi connectivity index (χ3v) is 4.05. The van der Waals surface area contributed by atoms with Crippen molar-refractivity contribution in [3.63, 3.8) is 0 Å². The summed E-state index contributed by atoms with van der Waals surface area (Å²) in [5, 5.41) is 0.698. The van der Waals surface area contributed by atoms with Crippen molar-refractivity contribution in [2.75, 3.05) is 13.1 Å². The monoisotopic (exact) mass is 292 g/mol. The van der Waals surface area contributed by atoms with Gasteiger partial charge in [-0.3, -0.25) is 4.79 Å². The lowest BCUT2D eigenvalue weighted by molar-refractivity contribution is -0.127. The van der Waals surface area contributed by atoms with Crippen molar-refractivity contribution in [1.82, 2.24) is 4.90 Å². The zero-order chi connectivity index (χ0) is 14.5. The standard InChI is InChI=1S/C16H21ClN2O/c1-12(18)14-3-2-10-19(11-14)16(20)9-6-13-4-7-15(17)8-5-13/h4-9,12,14H,2-3,10-11,18H2,1H3/b9-6+. The molecule has 0 radical (unpaired) electrons. The second kappa shape index (κ2) is 6.91. The van der Waals surface area contributed by atoms with Gasteiger partial charge in [-0.25, -0.2) is 0 Å². The zero-order valence-corrected chi connectivity index (χ0v) is 12.5. The molecule has 1 fully saturated rings. The van der Waals surface area contributed by atoms with E-state index in [-0.39, 0.29) is 11.9 Å². The summed E-state index contributed by atoms with van der Waals surface area (Å²) in [6.07, 6.45) is 5.61. The van der Waals surface area contributed by atoms with E-state index >= 15 is 0 Å². The van der Waals surface area contributed by atoms with Gasteiger partial charge in [0.05, 0.1) is 0 Å². The number of hydrogen-bond donors (Lipinski definition) is 1. The number of hydrogen-bond acceptors (Lipinski definition) is 2. The summed E-state index contributed by atoms with van der Waals surface area (Å²) in [6, 6.07) is 7.57. The predicted molar refractivity (Wildman–Crippen MR) is 83.4 cm³/mol. The van der Waals surface area contributed by atoms with Crippen LogP contribution in [0.2, 0.25) is 5.02 Å². The van der Waals surface area contributed by atoms with Crippen molar-refractivity contribution >= 4 is 23.6 Å². The predicted octanol–water partition coefficient (Wildman–Crippen LogP) is 2.94. The highest BCUT2D eigenvalue weighted by atomic mass is 35.5. The maximum atomic E-state index is 12.2. The van der Waals surface area contributed by atoms with Crippen LogP contribution in [-0.4, -0.2) is 29.9 Å². The van der Waals surface area contributed by atoms with Gasteiger partial charge in [0.15, 0.2) is 0 Å². The zero-order valence-electron chi connectivity index (χ0n) is 11.8. The van der Waals surface area contributed by atoms with Gasteiger partial charge in [-0.05, 0) is 49.5 Å². The van der Waals surface area contributed by atoms with Crippen LogP contribution in [0.1, 0.15) is 25.3 Å². The summed E-state index contributed by atoms with van der Waals surface area (Å²) in [5.41, 5.74) is 6.92. The molecule has 1 aromatic rings. The summed E-state index contributed by atoms with van der Waals surface area (Å²) in [6.45, 7) is 3.61. The van der Waals surface area contributed by atoms with E-state index < -0.39 is 0 Å². The number of benzene rings is 1. The molecule has 2 unspecified atom stereocenters. The first-order valence-electron chi connectivity index (χ1n) is 7.04. The first-order valence-corrected chi connectivity index (χ1v) is 7.42. The van der Waals surface area contributed by atoms with Gasteiger partial charge in [0.1, 0.15) is 0 Å². The minimum atomic E-state index is 0.0605. The van der Waals surface area contributed by atoms with Crippen LogP contribution in [0.5, 0.6) is 0 Å². The lowest BCUT2D eigenvalue weighted by Crippen LogP contribution is -2.44. The van der Waals surface area contributed by atoms with Crippen molar-refractivity contribution in [3.05, 3.63) is 40.9 Å². The highest BCUT2D eigenvalue weighted by molar-refractivity contribution is 6.30. The molecular formula is C16H21ClN2O. The molecule has 2 rings (SSSR count). The Morgan fingerprint density at radius 1 is 1.45 bits per heavy atom. The molecule has 2 N–H and O–H groups in total. The van der Waals surface area contributed by atoms with Gasteiger partial charge in [0.2, 0.25) is 5.91 Å². The minimum Gasteiger partial charge on any atom is -0.339 e. The molecular weight excluding hydrogens is 272 g/mol. The van der Waals surface area contributed by atoms with E-state index in [0.717, 1.165) is 31.5 Å². The molecule has 0 bridgehead atoms. The third kappa shape index (κ3) is 4.09. The quantitative estimate of drug-likeness (QED) is 0.871. The fourth-order valence-electron chi connectivity index (χ4n) is 2.49. The van der Waals surface area contributed by atoms with E-state index in [1.165, 1.54) is 0 Å². The fourth-order valence-corrected chi connectivity index (χ4v) is 2.61. The number of nitrogens with zero attached hydrogens (tertiary/aromatic N) is 1. The molecule has 0 spiro atoms. The molecule has 1 heterocycles. The van der Waals surface area contributed by atoms with E-state index in [2.05, 4.69) is 0 Å². The van der Waals surface area contributed by atoms with E-state index in [1.807, 2.05) is 42.2 Å². The number of rotatable bonds is 3. The Balaban J connectivity index is 1.95. The molecule has 1 amide bonds. The van der Waals surface area contributed by atoms with Crippen LogP contribution in [0, 0.1) is 5.92 Å². The normalized spacial score (nSPS) is 21.1.